The Morgan fingerprint density at radius 2 is 2.04 bits per heavy atom. The molecule has 0 saturated heterocycles. The lowest BCUT2D eigenvalue weighted by Crippen LogP contribution is -2.33. The van der Waals surface area contributed by atoms with Gasteiger partial charge in [0.2, 0.25) is 5.91 Å². The lowest BCUT2D eigenvalue weighted by atomic mass is 10.0. The Hall–Kier alpha value is -2.21. The molecule has 1 amide bonds. The first kappa shape index (κ1) is 18.1. The van der Waals surface area contributed by atoms with E-state index in [1.807, 2.05) is 27.1 Å². The number of halogens is 1. The number of amides is 1. The van der Waals surface area contributed by atoms with Crippen LogP contribution in [-0.4, -0.2) is 26.8 Å². The molecule has 0 bridgehead atoms. The number of nitrogens with one attached hydrogen (secondary N) is 1. The minimum Gasteiger partial charge on any atom is -0.388 e. The van der Waals surface area contributed by atoms with Crippen molar-refractivity contribution in [3.63, 3.8) is 0 Å². The number of aliphatic hydroxyl groups excluding tert-OH is 1. The third-order valence-electron chi connectivity index (χ3n) is 3.98. The van der Waals surface area contributed by atoms with E-state index in [4.69, 9.17) is 0 Å². The summed E-state index contributed by atoms with van der Waals surface area (Å²) < 4.78 is 14.6. The highest BCUT2D eigenvalue weighted by Gasteiger charge is 2.15. The molecule has 1 aromatic heterocycles. The molecule has 1 heterocycles. The van der Waals surface area contributed by atoms with Crippen LogP contribution in [0, 0.1) is 12.7 Å². The quantitative estimate of drug-likeness (QED) is 0.818. The number of carbonyl (C=O) groups is 1. The van der Waals surface area contributed by atoms with E-state index in [1.54, 1.807) is 16.8 Å². The van der Waals surface area contributed by atoms with Gasteiger partial charge in [-0.15, -0.1) is 0 Å². The van der Waals surface area contributed by atoms with E-state index in [0.717, 1.165) is 11.3 Å². The highest BCUT2D eigenvalue weighted by atomic mass is 19.1. The first-order valence-corrected chi connectivity index (χ1v) is 8.07. The highest BCUT2D eigenvalue weighted by molar-refractivity contribution is 5.76. The minimum atomic E-state index is -0.735. The number of nitrogens with zero attached hydrogens (tertiary/aromatic N) is 2. The summed E-state index contributed by atoms with van der Waals surface area (Å²) >= 11 is 0. The van der Waals surface area contributed by atoms with E-state index in [9.17, 15) is 14.3 Å². The van der Waals surface area contributed by atoms with Crippen LogP contribution in [0.15, 0.2) is 30.5 Å². The molecule has 0 fully saturated rings. The predicted molar refractivity (Wildman–Crippen MR) is 89.8 cm³/mol. The van der Waals surface area contributed by atoms with Crippen molar-refractivity contribution in [1.29, 1.82) is 0 Å². The van der Waals surface area contributed by atoms with Crippen molar-refractivity contribution in [1.82, 2.24) is 15.1 Å². The van der Waals surface area contributed by atoms with Gasteiger partial charge in [0.25, 0.3) is 0 Å². The number of hydrogen-bond acceptors (Lipinski definition) is 3. The summed E-state index contributed by atoms with van der Waals surface area (Å²) in [4.78, 5) is 12.0. The van der Waals surface area contributed by atoms with Gasteiger partial charge in [0.15, 0.2) is 0 Å². The Morgan fingerprint density at radius 3 is 2.62 bits per heavy atom. The fraction of sp³-hybridized carbons (Fsp3) is 0.444. The van der Waals surface area contributed by atoms with Gasteiger partial charge in [-0.3, -0.25) is 9.48 Å². The van der Waals surface area contributed by atoms with Gasteiger partial charge in [0.05, 0.1) is 11.8 Å². The zero-order valence-electron chi connectivity index (χ0n) is 14.3. The average molecular weight is 333 g/mol. The molecule has 2 rings (SSSR count). The molecule has 0 radical (unpaired) electrons. The lowest BCUT2D eigenvalue weighted by molar-refractivity contribution is -0.121. The smallest absolute Gasteiger partial charge is 0.220 e. The molecule has 5 nitrogen and oxygen atoms in total. The molecule has 0 aliphatic heterocycles. The van der Waals surface area contributed by atoms with Crippen molar-refractivity contribution in [3.05, 3.63) is 53.1 Å². The first-order chi connectivity index (χ1) is 11.3. The molecule has 0 spiro atoms. The Kier molecular flexibility index (Phi) is 6.09. The first-order valence-electron chi connectivity index (χ1n) is 8.07. The highest BCUT2D eigenvalue weighted by Crippen LogP contribution is 2.18. The van der Waals surface area contributed by atoms with Gasteiger partial charge < -0.3 is 10.4 Å². The summed E-state index contributed by atoms with van der Waals surface area (Å²) in [6.07, 6.45) is 2.58. The number of hydrogen-bond donors (Lipinski definition) is 2. The molecule has 2 aromatic rings. The number of carbonyl (C=O) groups excluding carboxylic acids is 1. The molecule has 130 valence electrons. The zero-order valence-corrected chi connectivity index (χ0v) is 14.3. The van der Waals surface area contributed by atoms with Crippen LogP contribution in [-0.2, 0) is 18.3 Å². The maximum Gasteiger partial charge on any atom is 0.220 e. The number of aromatic nitrogens is 2. The molecule has 0 aliphatic carbocycles. The van der Waals surface area contributed by atoms with Gasteiger partial charge in [-0.25, -0.2) is 4.39 Å². The van der Waals surface area contributed by atoms with E-state index in [2.05, 4.69) is 10.4 Å². The fourth-order valence-electron chi connectivity index (χ4n) is 2.70. The van der Waals surface area contributed by atoms with Crippen LogP contribution < -0.4 is 5.32 Å². The second-order valence-corrected chi connectivity index (χ2v) is 6.19. The molecule has 24 heavy (non-hydrogen) atoms. The Balaban J connectivity index is 1.78. The molecule has 2 atom stereocenters. The van der Waals surface area contributed by atoms with Crippen LogP contribution in [0.25, 0.3) is 0 Å². The summed E-state index contributed by atoms with van der Waals surface area (Å²) in [6, 6.07) is 5.57. The second-order valence-electron chi connectivity index (χ2n) is 6.19. The summed E-state index contributed by atoms with van der Waals surface area (Å²) in [5.74, 6) is -0.393. The van der Waals surface area contributed by atoms with Crippen LogP contribution in [0.5, 0.6) is 0 Å². The average Bonchev–Trinajstić information content (AvgIpc) is 2.83. The van der Waals surface area contributed by atoms with Crippen LogP contribution in [0.3, 0.4) is 0 Å². The molecular formula is C18H24FN3O2. The Morgan fingerprint density at radius 1 is 1.38 bits per heavy atom. The number of rotatable bonds is 7. The van der Waals surface area contributed by atoms with Crippen LogP contribution in [0.4, 0.5) is 4.39 Å². The van der Waals surface area contributed by atoms with Crippen molar-refractivity contribution >= 4 is 5.91 Å². The van der Waals surface area contributed by atoms with Gasteiger partial charge in [-0.2, -0.15) is 5.10 Å². The molecule has 1 aromatic carbocycles. The third kappa shape index (κ3) is 5.16. The maximum atomic E-state index is 12.9. The van der Waals surface area contributed by atoms with Gasteiger partial charge in [-0.1, -0.05) is 12.1 Å². The van der Waals surface area contributed by atoms with E-state index in [-0.39, 0.29) is 17.8 Å². The van der Waals surface area contributed by atoms with E-state index < -0.39 is 6.10 Å². The molecule has 0 saturated carbocycles. The van der Waals surface area contributed by atoms with Crippen LogP contribution in [0.2, 0.25) is 0 Å². The topological polar surface area (TPSA) is 67.2 Å². The summed E-state index contributed by atoms with van der Waals surface area (Å²) in [5.41, 5.74) is 2.64. The molecule has 2 N–H and O–H groups in total. The maximum absolute atomic E-state index is 12.9. The van der Waals surface area contributed by atoms with Gasteiger partial charge in [0.1, 0.15) is 5.82 Å². The molecule has 6 heteroatoms. The van der Waals surface area contributed by atoms with Crippen molar-refractivity contribution in [2.24, 2.45) is 7.05 Å². The lowest BCUT2D eigenvalue weighted by Gasteiger charge is -2.18. The van der Waals surface area contributed by atoms with Crippen LogP contribution >= 0.6 is 0 Å². The fourth-order valence-corrected chi connectivity index (χ4v) is 2.70. The summed E-state index contributed by atoms with van der Waals surface area (Å²) in [7, 11) is 1.86. The van der Waals surface area contributed by atoms with E-state index in [1.165, 1.54) is 12.1 Å². The molecule has 0 aliphatic rings. The van der Waals surface area contributed by atoms with Crippen molar-refractivity contribution in [3.8, 4) is 0 Å². The van der Waals surface area contributed by atoms with Gasteiger partial charge in [-0.05, 0) is 49.9 Å². The summed E-state index contributed by atoms with van der Waals surface area (Å²) in [6.45, 7) is 3.77. The Labute approximate surface area is 141 Å². The molecular weight excluding hydrogens is 309 g/mol. The van der Waals surface area contributed by atoms with E-state index >= 15 is 0 Å². The summed E-state index contributed by atoms with van der Waals surface area (Å²) in [5, 5.41) is 17.3. The number of aryl methyl sites for hydroxylation is 3. The zero-order chi connectivity index (χ0) is 17.7. The monoisotopic (exact) mass is 333 g/mol. The normalized spacial score (nSPS) is 13.5. The van der Waals surface area contributed by atoms with Crippen LogP contribution in [0.1, 0.15) is 42.7 Å². The second kappa shape index (κ2) is 8.06. The van der Waals surface area contributed by atoms with Crippen molar-refractivity contribution < 1.29 is 14.3 Å². The predicted octanol–water partition coefficient (Wildman–Crippen LogP) is 2.43. The van der Waals surface area contributed by atoms with Crippen molar-refractivity contribution in [2.45, 2.75) is 45.3 Å². The third-order valence-corrected chi connectivity index (χ3v) is 3.98. The SMILES string of the molecule is Cc1nn(C)cc1CCC(=O)NC(C)CC(O)c1ccc(F)cc1. The van der Waals surface area contributed by atoms with Gasteiger partial charge >= 0.3 is 0 Å². The molecule has 2 unspecified atom stereocenters. The van der Waals surface area contributed by atoms with E-state index in [0.29, 0.717) is 24.8 Å². The largest absolute Gasteiger partial charge is 0.388 e. The minimum absolute atomic E-state index is 0.0583. The number of aliphatic hydroxyl groups is 1. The Bertz CT molecular complexity index is 682. The number of benzene rings is 1. The standard InChI is InChI=1S/C18H24FN3O2/c1-12(10-17(23)14-4-7-16(19)8-5-14)20-18(24)9-6-15-11-22(3)21-13(15)2/h4-5,7-8,11-12,17,23H,6,9-10H2,1-3H3,(H,20,24). The van der Waals surface area contributed by atoms with Crippen molar-refractivity contribution in [2.75, 3.05) is 0 Å². The van der Waals surface area contributed by atoms with Gasteiger partial charge in [0, 0.05) is 25.7 Å².